The van der Waals surface area contributed by atoms with Crippen molar-refractivity contribution in [2.45, 2.75) is 20.4 Å². The number of nitrogens with one attached hydrogen (secondary N) is 1. The Labute approximate surface area is 104 Å². The summed E-state index contributed by atoms with van der Waals surface area (Å²) in [5, 5.41) is 3.44. The van der Waals surface area contributed by atoms with Crippen molar-refractivity contribution >= 4 is 11.6 Å². The number of aromatic nitrogens is 2. The van der Waals surface area contributed by atoms with Gasteiger partial charge in [0, 0.05) is 17.3 Å². The molecule has 0 unspecified atom stereocenters. The standard InChI is InChI=1S/C12H14ClN3O/c1-7-10(13)4-3-5-11(7)16-8(2)9(6-14)12(17)15-16/h3-5H,6,14H2,1-2H3,(H,15,17). The van der Waals surface area contributed by atoms with E-state index in [1.165, 1.54) is 0 Å². The maximum Gasteiger partial charge on any atom is 0.269 e. The number of aromatic amines is 1. The fourth-order valence-corrected chi connectivity index (χ4v) is 2.04. The van der Waals surface area contributed by atoms with Gasteiger partial charge >= 0.3 is 0 Å². The zero-order chi connectivity index (χ0) is 12.6. The first-order chi connectivity index (χ1) is 8.06. The van der Waals surface area contributed by atoms with Gasteiger partial charge in [-0.15, -0.1) is 0 Å². The molecule has 90 valence electrons. The van der Waals surface area contributed by atoms with E-state index in [0.717, 1.165) is 16.9 Å². The Hall–Kier alpha value is -1.52. The molecular weight excluding hydrogens is 238 g/mol. The Morgan fingerprint density at radius 3 is 2.71 bits per heavy atom. The third-order valence-corrected chi connectivity index (χ3v) is 3.35. The lowest BCUT2D eigenvalue weighted by atomic mass is 10.2. The second-order valence-corrected chi connectivity index (χ2v) is 4.34. The zero-order valence-electron chi connectivity index (χ0n) is 9.75. The average Bonchev–Trinajstić information content (AvgIpc) is 2.58. The Balaban J connectivity index is 2.69. The van der Waals surface area contributed by atoms with Crippen LogP contribution in [0.5, 0.6) is 0 Å². The molecule has 2 rings (SSSR count). The summed E-state index contributed by atoms with van der Waals surface area (Å²) in [5.41, 5.74) is 8.62. The summed E-state index contributed by atoms with van der Waals surface area (Å²) in [5.74, 6) is 0. The maximum atomic E-state index is 11.7. The van der Waals surface area contributed by atoms with E-state index >= 15 is 0 Å². The van der Waals surface area contributed by atoms with Gasteiger partial charge in [0.05, 0.1) is 11.3 Å². The van der Waals surface area contributed by atoms with Gasteiger partial charge in [0.15, 0.2) is 0 Å². The number of hydrogen-bond donors (Lipinski definition) is 2. The van der Waals surface area contributed by atoms with Gasteiger partial charge < -0.3 is 5.73 Å². The lowest BCUT2D eigenvalue weighted by Gasteiger charge is -2.10. The predicted octanol–water partition coefficient (Wildman–Crippen LogP) is 1.89. The summed E-state index contributed by atoms with van der Waals surface area (Å²) in [6, 6.07) is 5.58. The highest BCUT2D eigenvalue weighted by Gasteiger charge is 2.12. The Kier molecular flexibility index (Phi) is 3.09. The van der Waals surface area contributed by atoms with Crippen LogP contribution in [0.15, 0.2) is 23.0 Å². The molecule has 0 aliphatic heterocycles. The first kappa shape index (κ1) is 12.0. The SMILES string of the molecule is Cc1c(Cl)cccc1-n1[nH]c(=O)c(CN)c1C. The molecule has 0 spiro atoms. The summed E-state index contributed by atoms with van der Waals surface area (Å²) < 4.78 is 1.73. The van der Waals surface area contributed by atoms with Crippen molar-refractivity contribution < 1.29 is 0 Å². The van der Waals surface area contributed by atoms with Crippen molar-refractivity contribution in [2.24, 2.45) is 5.73 Å². The second-order valence-electron chi connectivity index (χ2n) is 3.93. The molecular formula is C12H14ClN3O. The minimum atomic E-state index is -0.149. The number of halogens is 1. The van der Waals surface area contributed by atoms with E-state index in [1.54, 1.807) is 4.68 Å². The molecule has 17 heavy (non-hydrogen) atoms. The van der Waals surface area contributed by atoms with Crippen LogP contribution in [-0.4, -0.2) is 9.78 Å². The van der Waals surface area contributed by atoms with Crippen LogP contribution in [0, 0.1) is 13.8 Å². The van der Waals surface area contributed by atoms with Gasteiger partial charge in [-0.1, -0.05) is 17.7 Å². The minimum Gasteiger partial charge on any atom is -0.326 e. The van der Waals surface area contributed by atoms with Crippen LogP contribution >= 0.6 is 11.6 Å². The number of nitrogens with two attached hydrogens (primary N) is 1. The number of hydrogen-bond acceptors (Lipinski definition) is 2. The predicted molar refractivity (Wildman–Crippen MR) is 68.8 cm³/mol. The summed E-state index contributed by atoms with van der Waals surface area (Å²) >= 11 is 6.07. The lowest BCUT2D eigenvalue weighted by molar-refractivity contribution is 0.827. The molecule has 0 atom stereocenters. The molecule has 1 aromatic carbocycles. The van der Waals surface area contributed by atoms with Crippen molar-refractivity contribution in [2.75, 3.05) is 0 Å². The highest BCUT2D eigenvalue weighted by molar-refractivity contribution is 6.31. The highest BCUT2D eigenvalue weighted by Crippen LogP contribution is 2.22. The topological polar surface area (TPSA) is 63.8 Å². The Bertz CT molecular complexity index is 613. The van der Waals surface area contributed by atoms with Crippen molar-refractivity contribution in [3.05, 3.63) is 50.4 Å². The number of nitrogens with zero attached hydrogens (tertiary/aromatic N) is 1. The first-order valence-electron chi connectivity index (χ1n) is 5.32. The maximum absolute atomic E-state index is 11.7. The van der Waals surface area contributed by atoms with Crippen LogP contribution < -0.4 is 11.3 Å². The summed E-state index contributed by atoms with van der Waals surface area (Å²) in [4.78, 5) is 11.7. The van der Waals surface area contributed by atoms with E-state index in [-0.39, 0.29) is 12.1 Å². The monoisotopic (exact) mass is 251 g/mol. The van der Waals surface area contributed by atoms with Crippen LogP contribution in [0.2, 0.25) is 5.02 Å². The van der Waals surface area contributed by atoms with Gasteiger partial charge in [-0.05, 0) is 31.5 Å². The molecule has 0 radical (unpaired) electrons. The molecule has 0 fully saturated rings. The molecule has 4 nitrogen and oxygen atoms in total. The van der Waals surface area contributed by atoms with E-state index in [4.69, 9.17) is 17.3 Å². The van der Waals surface area contributed by atoms with E-state index in [0.29, 0.717) is 10.6 Å². The van der Waals surface area contributed by atoms with Crippen molar-refractivity contribution in [1.82, 2.24) is 9.78 Å². The van der Waals surface area contributed by atoms with Crippen molar-refractivity contribution in [3.63, 3.8) is 0 Å². The van der Waals surface area contributed by atoms with Gasteiger partial charge in [0.1, 0.15) is 0 Å². The van der Waals surface area contributed by atoms with Crippen LogP contribution in [0.4, 0.5) is 0 Å². The molecule has 3 N–H and O–H groups in total. The van der Waals surface area contributed by atoms with Crippen LogP contribution in [0.3, 0.4) is 0 Å². The van der Waals surface area contributed by atoms with Gasteiger partial charge in [-0.25, -0.2) is 0 Å². The summed E-state index contributed by atoms with van der Waals surface area (Å²) in [6.07, 6.45) is 0. The summed E-state index contributed by atoms with van der Waals surface area (Å²) in [6.45, 7) is 4.01. The molecule has 0 aliphatic rings. The van der Waals surface area contributed by atoms with Crippen molar-refractivity contribution in [3.8, 4) is 5.69 Å². The molecule has 1 aromatic heterocycles. The van der Waals surface area contributed by atoms with Crippen molar-refractivity contribution in [1.29, 1.82) is 0 Å². The van der Waals surface area contributed by atoms with E-state index in [1.807, 2.05) is 32.0 Å². The molecule has 2 aromatic rings. The third-order valence-electron chi connectivity index (χ3n) is 2.94. The number of benzene rings is 1. The van der Waals surface area contributed by atoms with E-state index < -0.39 is 0 Å². The van der Waals surface area contributed by atoms with Gasteiger partial charge in [0.25, 0.3) is 5.56 Å². The zero-order valence-corrected chi connectivity index (χ0v) is 10.5. The van der Waals surface area contributed by atoms with Crippen LogP contribution in [0.25, 0.3) is 5.69 Å². The first-order valence-corrected chi connectivity index (χ1v) is 5.70. The fourth-order valence-electron chi connectivity index (χ4n) is 1.87. The fraction of sp³-hybridized carbons (Fsp3) is 0.250. The quantitative estimate of drug-likeness (QED) is 0.856. The van der Waals surface area contributed by atoms with Crippen LogP contribution in [-0.2, 0) is 6.54 Å². The molecule has 5 heteroatoms. The van der Waals surface area contributed by atoms with Crippen LogP contribution in [0.1, 0.15) is 16.8 Å². The Morgan fingerprint density at radius 1 is 1.41 bits per heavy atom. The Morgan fingerprint density at radius 2 is 2.12 bits per heavy atom. The third kappa shape index (κ3) is 1.90. The van der Waals surface area contributed by atoms with E-state index in [2.05, 4.69) is 5.10 Å². The summed E-state index contributed by atoms with van der Waals surface area (Å²) in [7, 11) is 0. The molecule has 0 amide bonds. The van der Waals surface area contributed by atoms with Gasteiger partial charge in [-0.3, -0.25) is 14.6 Å². The number of H-pyrrole nitrogens is 1. The molecule has 0 saturated heterocycles. The normalized spacial score (nSPS) is 10.8. The van der Waals surface area contributed by atoms with Gasteiger partial charge in [0.2, 0.25) is 0 Å². The average molecular weight is 252 g/mol. The molecule has 0 saturated carbocycles. The minimum absolute atomic E-state index is 0.149. The number of rotatable bonds is 2. The van der Waals surface area contributed by atoms with Gasteiger partial charge in [-0.2, -0.15) is 0 Å². The molecule has 0 bridgehead atoms. The largest absolute Gasteiger partial charge is 0.326 e. The van der Waals surface area contributed by atoms with E-state index in [9.17, 15) is 4.79 Å². The lowest BCUT2D eigenvalue weighted by Crippen LogP contribution is -2.10. The molecule has 0 aliphatic carbocycles. The second kappa shape index (κ2) is 4.39. The highest BCUT2D eigenvalue weighted by atomic mass is 35.5. The molecule has 1 heterocycles. The smallest absolute Gasteiger partial charge is 0.269 e.